The van der Waals surface area contributed by atoms with Gasteiger partial charge in [-0.05, 0) is 93.3 Å². The molecule has 45 heavy (non-hydrogen) atoms. The van der Waals surface area contributed by atoms with Crippen LogP contribution in [0.25, 0.3) is 33.9 Å². The summed E-state index contributed by atoms with van der Waals surface area (Å²) in [5.41, 5.74) is 21.1. The number of aryl methyl sites for hydroxylation is 6. The number of benzene rings is 5. The van der Waals surface area contributed by atoms with Gasteiger partial charge in [0.05, 0.1) is 0 Å². The summed E-state index contributed by atoms with van der Waals surface area (Å²) >= 11 is 0. The highest BCUT2D eigenvalue weighted by atomic mass is 14.2. The first kappa shape index (κ1) is 30.4. The third kappa shape index (κ3) is 6.05. The Morgan fingerprint density at radius 2 is 0.956 bits per heavy atom. The lowest BCUT2D eigenvalue weighted by Gasteiger charge is -2.28. The van der Waals surface area contributed by atoms with E-state index in [0.717, 1.165) is 18.4 Å². The maximum absolute atomic E-state index is 3.93. The van der Waals surface area contributed by atoms with Gasteiger partial charge < -0.3 is 0 Å². The summed E-state index contributed by atoms with van der Waals surface area (Å²) in [5, 5.41) is 0. The molecule has 5 aromatic carbocycles. The van der Waals surface area contributed by atoms with Crippen molar-refractivity contribution < 1.29 is 0 Å². The Morgan fingerprint density at radius 1 is 0.511 bits per heavy atom. The van der Waals surface area contributed by atoms with Gasteiger partial charge in [-0.1, -0.05) is 172 Å². The zero-order chi connectivity index (χ0) is 31.7. The van der Waals surface area contributed by atoms with Crippen molar-refractivity contribution in [3.63, 3.8) is 0 Å². The molecule has 0 nitrogen and oxygen atoms in total. The number of rotatable bonds is 7. The van der Waals surface area contributed by atoms with Crippen LogP contribution >= 0.6 is 0 Å². The summed E-state index contributed by atoms with van der Waals surface area (Å²) in [6, 6.07) is 33.9. The smallest absolute Gasteiger partial charge is 0.0985 e. The number of hydrogen-bond acceptors (Lipinski definition) is 0. The predicted octanol–water partition coefficient (Wildman–Crippen LogP) is 9.76. The SMILES string of the molecule is C=Cc1ccc(-c2cc(C)c(B(c3c(C)cc(C4=CCCC=C4)cc3C)c3c(C)cc(-c4ccccc4)cc3C)c(C)c2)cc1. The van der Waals surface area contributed by atoms with Gasteiger partial charge in [0.25, 0.3) is 0 Å². The lowest BCUT2D eigenvalue weighted by atomic mass is 9.33. The van der Waals surface area contributed by atoms with Gasteiger partial charge >= 0.3 is 0 Å². The van der Waals surface area contributed by atoms with E-state index in [1.54, 1.807) is 0 Å². The molecule has 0 saturated heterocycles. The molecule has 0 saturated carbocycles. The second kappa shape index (κ2) is 12.8. The first-order valence-corrected chi connectivity index (χ1v) is 16.2. The molecule has 0 fully saturated rings. The van der Waals surface area contributed by atoms with Crippen molar-refractivity contribution >= 4 is 34.8 Å². The van der Waals surface area contributed by atoms with Crippen LogP contribution in [0.5, 0.6) is 0 Å². The van der Waals surface area contributed by atoms with Crippen molar-refractivity contribution in [3.05, 3.63) is 160 Å². The molecule has 0 bridgehead atoms. The standard InChI is InChI=1S/C44H43B/c1-8-35-19-21-38(22-20-35)41-27-33(6)44(34(7)28-41)45(42-29(2)23-39(24-30(42)3)36-15-11-9-12-16-36)43-31(4)25-40(26-32(43)5)37-17-13-10-14-18-37/h8-9,11-13,15-28H,1,10,14H2,2-7H3. The van der Waals surface area contributed by atoms with Crippen molar-refractivity contribution in [2.24, 2.45) is 0 Å². The third-order valence-corrected chi connectivity index (χ3v) is 9.56. The van der Waals surface area contributed by atoms with Crippen LogP contribution in [0.3, 0.4) is 0 Å². The molecular formula is C44H43B. The molecule has 0 radical (unpaired) electrons. The average molecular weight is 583 g/mol. The quantitative estimate of drug-likeness (QED) is 0.168. The van der Waals surface area contributed by atoms with Gasteiger partial charge in [-0.25, -0.2) is 0 Å². The molecule has 222 valence electrons. The van der Waals surface area contributed by atoms with E-state index in [2.05, 4.69) is 157 Å². The van der Waals surface area contributed by atoms with Crippen LogP contribution < -0.4 is 16.4 Å². The molecule has 0 spiro atoms. The van der Waals surface area contributed by atoms with Crippen LogP contribution in [0.2, 0.25) is 0 Å². The molecule has 0 unspecified atom stereocenters. The molecule has 0 aliphatic heterocycles. The summed E-state index contributed by atoms with van der Waals surface area (Å²) in [4.78, 5) is 0. The molecule has 0 atom stereocenters. The summed E-state index contributed by atoms with van der Waals surface area (Å²) in [6.45, 7) is 17.9. The highest BCUT2D eigenvalue weighted by Gasteiger charge is 2.31. The topological polar surface area (TPSA) is 0 Å². The van der Waals surface area contributed by atoms with Crippen molar-refractivity contribution in [2.75, 3.05) is 0 Å². The Balaban J connectivity index is 1.56. The molecule has 0 amide bonds. The summed E-state index contributed by atoms with van der Waals surface area (Å²) in [6.07, 6.45) is 11.1. The van der Waals surface area contributed by atoms with E-state index in [1.807, 2.05) is 6.08 Å². The Kier molecular flexibility index (Phi) is 8.64. The number of hydrogen-bond donors (Lipinski definition) is 0. The third-order valence-electron chi connectivity index (χ3n) is 9.56. The highest BCUT2D eigenvalue weighted by Crippen LogP contribution is 2.27. The van der Waals surface area contributed by atoms with Crippen molar-refractivity contribution in [3.8, 4) is 22.3 Å². The summed E-state index contributed by atoms with van der Waals surface area (Å²) in [5.74, 6) is 0. The minimum Gasteiger partial charge on any atom is -0.0985 e. The predicted molar refractivity (Wildman–Crippen MR) is 200 cm³/mol. The van der Waals surface area contributed by atoms with Gasteiger partial charge in [0.1, 0.15) is 0 Å². The molecule has 0 aromatic heterocycles. The first-order valence-electron chi connectivity index (χ1n) is 16.2. The van der Waals surface area contributed by atoms with E-state index >= 15 is 0 Å². The van der Waals surface area contributed by atoms with Crippen LogP contribution in [0, 0.1) is 41.5 Å². The zero-order valence-corrected chi connectivity index (χ0v) is 27.7. The van der Waals surface area contributed by atoms with Gasteiger partial charge in [-0.2, -0.15) is 0 Å². The van der Waals surface area contributed by atoms with Crippen LogP contribution in [0.15, 0.2) is 116 Å². The van der Waals surface area contributed by atoms with E-state index < -0.39 is 0 Å². The van der Waals surface area contributed by atoms with Crippen LogP contribution in [0.4, 0.5) is 0 Å². The molecular weight excluding hydrogens is 539 g/mol. The maximum Gasteiger partial charge on any atom is 0.243 e. The Hall–Kier alpha value is -4.62. The molecule has 0 N–H and O–H groups in total. The lowest BCUT2D eigenvalue weighted by Crippen LogP contribution is -2.57. The van der Waals surface area contributed by atoms with Gasteiger partial charge in [0, 0.05) is 0 Å². The van der Waals surface area contributed by atoms with Gasteiger partial charge in [-0.15, -0.1) is 0 Å². The fraction of sp³-hybridized carbons (Fsp3) is 0.182. The van der Waals surface area contributed by atoms with E-state index in [4.69, 9.17) is 0 Å². The fourth-order valence-corrected chi connectivity index (χ4v) is 7.49. The van der Waals surface area contributed by atoms with E-state index in [9.17, 15) is 0 Å². The highest BCUT2D eigenvalue weighted by molar-refractivity contribution is 6.97. The Labute approximate surface area is 271 Å². The summed E-state index contributed by atoms with van der Waals surface area (Å²) < 4.78 is 0. The second-order valence-corrected chi connectivity index (χ2v) is 12.8. The first-order chi connectivity index (χ1) is 21.7. The molecule has 6 rings (SSSR count). The largest absolute Gasteiger partial charge is 0.243 e. The van der Waals surface area contributed by atoms with Crippen molar-refractivity contribution in [2.45, 2.75) is 54.4 Å². The van der Waals surface area contributed by atoms with Crippen LogP contribution in [-0.4, -0.2) is 6.71 Å². The summed E-state index contributed by atoms with van der Waals surface area (Å²) in [7, 11) is 0. The van der Waals surface area contributed by atoms with E-state index in [0.29, 0.717) is 0 Å². The van der Waals surface area contributed by atoms with Crippen LogP contribution in [-0.2, 0) is 0 Å². The maximum atomic E-state index is 3.93. The molecule has 1 aliphatic rings. The fourth-order valence-electron chi connectivity index (χ4n) is 7.49. The Morgan fingerprint density at radius 3 is 1.38 bits per heavy atom. The van der Waals surface area contributed by atoms with Crippen molar-refractivity contribution in [1.82, 2.24) is 0 Å². The molecule has 1 heteroatoms. The molecule has 1 aliphatic carbocycles. The average Bonchev–Trinajstić information content (AvgIpc) is 3.04. The van der Waals surface area contributed by atoms with E-state index in [1.165, 1.54) is 83.2 Å². The van der Waals surface area contributed by atoms with Gasteiger partial charge in [0.15, 0.2) is 0 Å². The van der Waals surface area contributed by atoms with E-state index in [-0.39, 0.29) is 6.71 Å². The second-order valence-electron chi connectivity index (χ2n) is 12.8. The normalized spacial score (nSPS) is 12.6. The minimum atomic E-state index is 0.122. The lowest BCUT2D eigenvalue weighted by molar-refractivity contribution is 1.04. The van der Waals surface area contributed by atoms with Crippen molar-refractivity contribution in [1.29, 1.82) is 0 Å². The molecule has 0 heterocycles. The van der Waals surface area contributed by atoms with Crippen LogP contribution in [0.1, 0.15) is 57.3 Å². The Bertz CT molecular complexity index is 1880. The minimum absolute atomic E-state index is 0.122. The monoisotopic (exact) mass is 582 g/mol. The van der Waals surface area contributed by atoms with Gasteiger partial charge in [0.2, 0.25) is 6.71 Å². The number of allylic oxidation sites excluding steroid dienone is 4. The zero-order valence-electron chi connectivity index (χ0n) is 27.7. The molecule has 5 aromatic rings. The van der Waals surface area contributed by atoms with Gasteiger partial charge in [-0.3, -0.25) is 0 Å².